The Labute approximate surface area is 158 Å². The largest absolute Gasteiger partial charge is 0.351 e. The maximum Gasteiger partial charge on any atom is 0.253 e. The van der Waals surface area contributed by atoms with E-state index in [9.17, 15) is 9.59 Å². The highest BCUT2D eigenvalue weighted by Crippen LogP contribution is 2.42. The zero-order chi connectivity index (χ0) is 19.0. The van der Waals surface area contributed by atoms with Crippen molar-refractivity contribution < 1.29 is 4.79 Å². The number of H-pyrrole nitrogens is 1. The Morgan fingerprint density at radius 1 is 1.11 bits per heavy atom. The van der Waals surface area contributed by atoms with Crippen LogP contribution in [0.1, 0.15) is 41.0 Å². The van der Waals surface area contributed by atoms with Crippen LogP contribution in [0, 0.1) is 19.8 Å². The molecule has 4 rings (SSSR count). The van der Waals surface area contributed by atoms with Crippen molar-refractivity contribution >= 4 is 16.8 Å². The summed E-state index contributed by atoms with van der Waals surface area (Å²) in [4.78, 5) is 28.2. The summed E-state index contributed by atoms with van der Waals surface area (Å²) in [6.07, 6.45) is 2.17. The molecule has 1 aliphatic rings. The van der Waals surface area contributed by atoms with E-state index in [0.29, 0.717) is 11.5 Å². The molecule has 1 aliphatic carbocycles. The van der Waals surface area contributed by atoms with Gasteiger partial charge in [0, 0.05) is 17.6 Å². The number of rotatable bonds is 5. The Kier molecular flexibility index (Phi) is 4.56. The molecule has 2 aromatic carbocycles. The number of aryl methyl sites for hydroxylation is 2. The van der Waals surface area contributed by atoms with Crippen LogP contribution >= 0.6 is 0 Å². The monoisotopic (exact) mass is 360 g/mol. The van der Waals surface area contributed by atoms with Crippen LogP contribution in [0.4, 0.5) is 0 Å². The maximum atomic E-state index is 12.8. The summed E-state index contributed by atoms with van der Waals surface area (Å²) >= 11 is 0. The Hall–Kier alpha value is -2.88. The molecule has 0 radical (unpaired) electrons. The standard InChI is InChI=1S/C23H24N2O2/c1-14-10-18-12-19(22(26)25-20(18)11-15(14)2)13-24-23(27)21(17-8-9-17)16-6-4-3-5-7-16/h3-7,10-12,17,21H,8-9,13H2,1-2H3,(H,24,27)(H,25,26). The lowest BCUT2D eigenvalue weighted by atomic mass is 9.93. The molecule has 138 valence electrons. The van der Waals surface area contributed by atoms with Crippen molar-refractivity contribution in [1.82, 2.24) is 10.3 Å². The first-order valence-corrected chi connectivity index (χ1v) is 9.49. The molecule has 0 bridgehead atoms. The second-order valence-electron chi connectivity index (χ2n) is 7.59. The van der Waals surface area contributed by atoms with Gasteiger partial charge in [0.15, 0.2) is 0 Å². The number of carbonyl (C=O) groups is 1. The molecule has 4 nitrogen and oxygen atoms in total. The number of amides is 1. The van der Waals surface area contributed by atoms with E-state index in [1.165, 1.54) is 5.56 Å². The van der Waals surface area contributed by atoms with Gasteiger partial charge in [0.25, 0.3) is 5.56 Å². The molecule has 1 aromatic heterocycles. The fourth-order valence-corrected chi connectivity index (χ4v) is 3.67. The van der Waals surface area contributed by atoms with Gasteiger partial charge in [-0.1, -0.05) is 30.3 Å². The molecule has 27 heavy (non-hydrogen) atoms. The summed E-state index contributed by atoms with van der Waals surface area (Å²) in [5.41, 5.74) is 4.65. The van der Waals surface area contributed by atoms with Gasteiger partial charge in [-0.25, -0.2) is 0 Å². The molecule has 1 amide bonds. The van der Waals surface area contributed by atoms with Crippen LogP contribution in [0.5, 0.6) is 0 Å². The van der Waals surface area contributed by atoms with Crippen molar-refractivity contribution in [3.05, 3.63) is 81.1 Å². The Morgan fingerprint density at radius 3 is 2.52 bits per heavy atom. The van der Waals surface area contributed by atoms with E-state index in [2.05, 4.69) is 23.3 Å². The average Bonchev–Trinajstić information content (AvgIpc) is 3.48. The SMILES string of the molecule is Cc1cc2cc(CNC(=O)C(c3ccccc3)C3CC3)c(=O)[nH]c2cc1C. The van der Waals surface area contributed by atoms with Crippen molar-refractivity contribution in [3.63, 3.8) is 0 Å². The van der Waals surface area contributed by atoms with Gasteiger partial charge in [-0.3, -0.25) is 9.59 Å². The van der Waals surface area contributed by atoms with Gasteiger partial charge in [0.05, 0.1) is 5.92 Å². The van der Waals surface area contributed by atoms with Crippen LogP contribution in [-0.2, 0) is 11.3 Å². The number of benzene rings is 2. The van der Waals surface area contributed by atoms with Crippen molar-refractivity contribution in [2.24, 2.45) is 5.92 Å². The van der Waals surface area contributed by atoms with Gasteiger partial charge in [-0.05, 0) is 72.9 Å². The summed E-state index contributed by atoms with van der Waals surface area (Å²) in [5, 5.41) is 3.98. The Bertz CT molecular complexity index is 1050. The first-order valence-electron chi connectivity index (χ1n) is 9.49. The van der Waals surface area contributed by atoms with Crippen LogP contribution in [0.3, 0.4) is 0 Å². The first kappa shape index (κ1) is 17.5. The number of hydrogen-bond donors (Lipinski definition) is 2. The van der Waals surface area contributed by atoms with Crippen LogP contribution in [0.2, 0.25) is 0 Å². The molecule has 0 aliphatic heterocycles. The predicted molar refractivity (Wildman–Crippen MR) is 108 cm³/mol. The lowest BCUT2D eigenvalue weighted by Crippen LogP contribution is -2.32. The highest BCUT2D eigenvalue weighted by Gasteiger charge is 2.37. The van der Waals surface area contributed by atoms with Gasteiger partial charge in [0.2, 0.25) is 5.91 Å². The van der Waals surface area contributed by atoms with Crippen LogP contribution in [0.25, 0.3) is 10.9 Å². The van der Waals surface area contributed by atoms with Crippen molar-refractivity contribution in [3.8, 4) is 0 Å². The minimum absolute atomic E-state index is 0.00304. The molecular weight excluding hydrogens is 336 g/mol. The van der Waals surface area contributed by atoms with Gasteiger partial charge < -0.3 is 10.3 Å². The Balaban J connectivity index is 1.55. The molecule has 0 spiro atoms. The van der Waals surface area contributed by atoms with Gasteiger partial charge in [-0.2, -0.15) is 0 Å². The first-order chi connectivity index (χ1) is 13.0. The van der Waals surface area contributed by atoms with Gasteiger partial charge in [0.1, 0.15) is 0 Å². The minimum atomic E-state index is -0.145. The number of aromatic amines is 1. The molecular formula is C23H24N2O2. The number of carbonyl (C=O) groups excluding carboxylic acids is 1. The molecule has 2 N–H and O–H groups in total. The summed E-state index contributed by atoms with van der Waals surface area (Å²) in [6, 6.07) is 15.9. The number of aromatic nitrogens is 1. The number of hydrogen-bond acceptors (Lipinski definition) is 2. The van der Waals surface area contributed by atoms with E-state index in [-0.39, 0.29) is 23.9 Å². The summed E-state index contributed by atoms with van der Waals surface area (Å²) in [6.45, 7) is 4.33. The van der Waals surface area contributed by atoms with E-state index in [4.69, 9.17) is 0 Å². The molecule has 3 aromatic rings. The molecule has 4 heteroatoms. The highest BCUT2D eigenvalue weighted by atomic mass is 16.2. The quantitative estimate of drug-likeness (QED) is 0.723. The van der Waals surface area contributed by atoms with E-state index in [1.807, 2.05) is 49.4 Å². The second kappa shape index (κ2) is 7.03. The maximum absolute atomic E-state index is 12.8. The molecule has 1 heterocycles. The second-order valence-corrected chi connectivity index (χ2v) is 7.59. The molecule has 1 atom stereocenters. The lowest BCUT2D eigenvalue weighted by molar-refractivity contribution is -0.123. The van der Waals surface area contributed by atoms with Gasteiger partial charge >= 0.3 is 0 Å². The zero-order valence-electron chi connectivity index (χ0n) is 15.7. The number of fused-ring (bicyclic) bond motifs is 1. The van der Waals surface area contributed by atoms with Crippen LogP contribution in [0.15, 0.2) is 53.3 Å². The predicted octanol–water partition coefficient (Wildman–Crippen LogP) is 3.95. The number of pyridine rings is 1. The topological polar surface area (TPSA) is 62.0 Å². The molecule has 1 saturated carbocycles. The Morgan fingerprint density at radius 2 is 1.81 bits per heavy atom. The fourth-order valence-electron chi connectivity index (χ4n) is 3.67. The van der Waals surface area contributed by atoms with E-state index < -0.39 is 0 Å². The minimum Gasteiger partial charge on any atom is -0.351 e. The van der Waals surface area contributed by atoms with Crippen LogP contribution in [-0.4, -0.2) is 10.9 Å². The zero-order valence-corrected chi connectivity index (χ0v) is 15.7. The highest BCUT2D eigenvalue weighted by molar-refractivity contribution is 5.85. The van der Waals surface area contributed by atoms with E-state index >= 15 is 0 Å². The smallest absolute Gasteiger partial charge is 0.253 e. The lowest BCUT2D eigenvalue weighted by Gasteiger charge is -2.16. The van der Waals surface area contributed by atoms with Crippen molar-refractivity contribution in [1.29, 1.82) is 0 Å². The third kappa shape index (κ3) is 3.65. The number of nitrogens with one attached hydrogen (secondary N) is 2. The molecule has 0 saturated heterocycles. The molecule has 1 fully saturated rings. The van der Waals surface area contributed by atoms with Crippen molar-refractivity contribution in [2.45, 2.75) is 39.2 Å². The normalized spacial score (nSPS) is 14.9. The van der Waals surface area contributed by atoms with Crippen LogP contribution < -0.4 is 10.9 Å². The summed E-state index contributed by atoms with van der Waals surface area (Å²) in [5.74, 6) is 0.284. The summed E-state index contributed by atoms with van der Waals surface area (Å²) < 4.78 is 0. The third-order valence-electron chi connectivity index (χ3n) is 5.52. The molecule has 1 unspecified atom stereocenters. The van der Waals surface area contributed by atoms with Gasteiger partial charge in [-0.15, -0.1) is 0 Å². The van der Waals surface area contributed by atoms with E-state index in [1.54, 1.807) is 0 Å². The van der Waals surface area contributed by atoms with Crippen molar-refractivity contribution in [2.75, 3.05) is 0 Å². The fraction of sp³-hybridized carbons (Fsp3) is 0.304. The average molecular weight is 360 g/mol. The summed E-state index contributed by atoms with van der Waals surface area (Å²) in [7, 11) is 0. The van der Waals surface area contributed by atoms with E-state index in [0.717, 1.165) is 34.9 Å². The third-order valence-corrected chi connectivity index (χ3v) is 5.52.